The minimum Gasteiger partial charge on any atom is -0.478 e. The minimum absolute atomic E-state index is 0.0409. The Balaban J connectivity index is 1.40. The highest BCUT2D eigenvalue weighted by Crippen LogP contribution is 2.26. The molecular weight excluding hydrogens is 570 g/mol. The lowest BCUT2D eigenvalue weighted by molar-refractivity contribution is 0.0697. The average molecular weight is 597 g/mol. The number of aromatic carboxylic acids is 1. The van der Waals surface area contributed by atoms with Crippen LogP contribution in [-0.2, 0) is 19.6 Å². The van der Waals surface area contributed by atoms with Crippen LogP contribution in [0.2, 0.25) is 0 Å². The Morgan fingerprint density at radius 1 is 1.07 bits per heavy atom. The quantitative estimate of drug-likeness (QED) is 0.0926. The number of nitrogens with two attached hydrogens (primary N) is 2. The van der Waals surface area contributed by atoms with Crippen LogP contribution in [-0.4, -0.2) is 43.6 Å². The number of halogens is 2. The number of amidine groups is 1. The number of imidazole rings is 1. The van der Waals surface area contributed by atoms with Gasteiger partial charge in [0, 0.05) is 30.7 Å². The number of hydrazine groups is 1. The zero-order chi connectivity index (χ0) is 31.4. The number of carboxylic acids is 1. The maximum Gasteiger partial charge on any atom is 0.335 e. The third-order valence-corrected chi connectivity index (χ3v) is 6.66. The van der Waals surface area contributed by atoms with E-state index in [1.807, 2.05) is 6.07 Å². The van der Waals surface area contributed by atoms with Gasteiger partial charge in [0.1, 0.15) is 29.9 Å². The van der Waals surface area contributed by atoms with E-state index in [4.69, 9.17) is 21.6 Å². The Morgan fingerprint density at radius 2 is 1.84 bits per heavy atom. The summed E-state index contributed by atoms with van der Waals surface area (Å²) in [6.45, 7) is -0.0632. The molecule has 0 fully saturated rings. The number of hydrogen-bond donors (Lipinski definition) is 3. The van der Waals surface area contributed by atoms with Gasteiger partial charge >= 0.3 is 5.97 Å². The Kier molecular flexibility index (Phi) is 8.45. The van der Waals surface area contributed by atoms with Crippen molar-refractivity contribution >= 4 is 22.8 Å². The van der Waals surface area contributed by atoms with Gasteiger partial charge in [-0.05, 0) is 48.0 Å². The molecular formula is C31H26F2N8O3. The summed E-state index contributed by atoms with van der Waals surface area (Å²) < 4.78 is 37.0. The fourth-order valence-electron chi connectivity index (χ4n) is 4.58. The minimum atomic E-state index is -1.10. The molecule has 0 bridgehead atoms. The van der Waals surface area contributed by atoms with Crippen LogP contribution in [0.5, 0.6) is 5.88 Å². The third-order valence-electron chi connectivity index (χ3n) is 6.66. The highest BCUT2D eigenvalue weighted by Gasteiger charge is 2.17. The lowest BCUT2D eigenvalue weighted by Crippen LogP contribution is -2.28. The van der Waals surface area contributed by atoms with Gasteiger partial charge in [-0.2, -0.15) is 5.26 Å². The van der Waals surface area contributed by atoms with Crippen LogP contribution in [0.3, 0.4) is 0 Å². The smallest absolute Gasteiger partial charge is 0.335 e. The normalized spacial score (nSPS) is 11.4. The van der Waals surface area contributed by atoms with E-state index in [0.717, 1.165) is 11.2 Å². The molecule has 0 spiro atoms. The van der Waals surface area contributed by atoms with Crippen molar-refractivity contribution in [2.45, 2.75) is 19.6 Å². The number of ether oxygens (including phenoxy) is 1. The van der Waals surface area contributed by atoms with Gasteiger partial charge in [0.05, 0.1) is 40.5 Å². The largest absolute Gasteiger partial charge is 0.478 e. The third kappa shape index (κ3) is 6.61. The topological polar surface area (TPSA) is 169 Å². The van der Waals surface area contributed by atoms with E-state index in [1.165, 1.54) is 37.4 Å². The summed E-state index contributed by atoms with van der Waals surface area (Å²) in [6, 6.07) is 20.1. The molecule has 0 aliphatic heterocycles. The second kappa shape index (κ2) is 12.6. The van der Waals surface area contributed by atoms with E-state index in [1.54, 1.807) is 41.0 Å². The Labute approximate surface area is 250 Å². The monoisotopic (exact) mass is 596 g/mol. The van der Waals surface area contributed by atoms with Crippen LogP contribution in [0.15, 0.2) is 77.9 Å². The van der Waals surface area contributed by atoms with Crippen LogP contribution in [0.25, 0.3) is 22.3 Å². The van der Waals surface area contributed by atoms with Gasteiger partial charge in [-0.3, -0.25) is 0 Å². The van der Waals surface area contributed by atoms with E-state index < -0.39 is 17.6 Å². The van der Waals surface area contributed by atoms with Gasteiger partial charge in [-0.25, -0.2) is 34.5 Å². The van der Waals surface area contributed by atoms with Gasteiger partial charge in [0.2, 0.25) is 5.88 Å². The van der Waals surface area contributed by atoms with Gasteiger partial charge in [-0.15, -0.1) is 5.10 Å². The maximum absolute atomic E-state index is 15.5. The number of fused-ring (bicyclic) bond motifs is 1. The molecule has 0 saturated heterocycles. The molecule has 0 amide bonds. The SMILES string of the molecule is CN(N)/N=C(\N)Cn1c(Cc2ccc(-c3cccc(OCc4ccc(C#N)cc4F)n3)cc2F)nc2ccc(C(=O)O)cc21. The second-order valence-electron chi connectivity index (χ2n) is 9.84. The molecule has 0 aliphatic carbocycles. The Bertz CT molecular complexity index is 1950. The fraction of sp³-hybridized carbons (Fsp3) is 0.129. The van der Waals surface area contributed by atoms with Crippen molar-refractivity contribution < 1.29 is 23.4 Å². The number of carbonyl (C=O) groups is 1. The number of hydrazone groups is 1. The van der Waals surface area contributed by atoms with Crippen LogP contribution < -0.4 is 16.3 Å². The highest BCUT2D eigenvalue weighted by atomic mass is 19.1. The molecule has 5 rings (SSSR count). The van der Waals surface area contributed by atoms with Crippen molar-refractivity contribution in [3.05, 3.63) is 113 Å². The summed E-state index contributed by atoms with van der Waals surface area (Å²) in [5.41, 5.74) is 8.86. The van der Waals surface area contributed by atoms with Crippen LogP contribution in [0.1, 0.15) is 32.9 Å². The summed E-state index contributed by atoms with van der Waals surface area (Å²) in [5.74, 6) is 4.21. The Hall–Kier alpha value is -5.87. The summed E-state index contributed by atoms with van der Waals surface area (Å²) in [5, 5.41) is 23.4. The average Bonchev–Trinajstić information content (AvgIpc) is 3.32. The lowest BCUT2D eigenvalue weighted by atomic mass is 10.1. The van der Waals surface area contributed by atoms with E-state index in [2.05, 4.69) is 15.1 Å². The zero-order valence-electron chi connectivity index (χ0n) is 23.4. The van der Waals surface area contributed by atoms with E-state index in [0.29, 0.717) is 33.7 Å². The van der Waals surface area contributed by atoms with Crippen LogP contribution >= 0.6 is 0 Å². The number of benzene rings is 3. The Morgan fingerprint density at radius 3 is 2.55 bits per heavy atom. The van der Waals surface area contributed by atoms with Gasteiger partial charge in [0.15, 0.2) is 0 Å². The first-order chi connectivity index (χ1) is 21.1. The van der Waals surface area contributed by atoms with Crippen LogP contribution in [0, 0.1) is 23.0 Å². The molecule has 0 atom stereocenters. The van der Waals surface area contributed by atoms with Crippen molar-refractivity contribution in [2.24, 2.45) is 16.7 Å². The maximum atomic E-state index is 15.5. The van der Waals surface area contributed by atoms with Gasteiger partial charge in [0.25, 0.3) is 0 Å². The number of aromatic nitrogens is 3. The molecule has 0 radical (unpaired) electrons. The van der Waals surface area contributed by atoms with Crippen molar-refractivity contribution in [3.8, 4) is 23.2 Å². The molecule has 3 aromatic carbocycles. The predicted octanol–water partition coefficient (Wildman–Crippen LogP) is 4.19. The summed E-state index contributed by atoms with van der Waals surface area (Å²) >= 11 is 0. The van der Waals surface area contributed by atoms with Crippen molar-refractivity contribution in [1.29, 1.82) is 5.26 Å². The number of nitriles is 1. The molecule has 2 heterocycles. The number of nitrogens with zero attached hydrogens (tertiary/aromatic N) is 6. The zero-order valence-corrected chi connectivity index (χ0v) is 23.4. The first-order valence-corrected chi connectivity index (χ1v) is 13.2. The molecule has 13 heteroatoms. The molecule has 2 aromatic heterocycles. The number of rotatable bonds is 10. The number of pyridine rings is 1. The molecule has 222 valence electrons. The van der Waals surface area contributed by atoms with E-state index in [9.17, 15) is 14.3 Å². The van der Waals surface area contributed by atoms with Crippen molar-refractivity contribution in [1.82, 2.24) is 19.7 Å². The van der Waals surface area contributed by atoms with E-state index in [-0.39, 0.29) is 48.0 Å². The molecule has 0 unspecified atom stereocenters. The molecule has 5 N–H and O–H groups in total. The van der Waals surface area contributed by atoms with E-state index >= 15 is 4.39 Å². The van der Waals surface area contributed by atoms with Gasteiger partial charge in [-0.1, -0.05) is 24.3 Å². The highest BCUT2D eigenvalue weighted by molar-refractivity contribution is 5.93. The predicted molar refractivity (Wildman–Crippen MR) is 158 cm³/mol. The van der Waals surface area contributed by atoms with Crippen molar-refractivity contribution in [3.63, 3.8) is 0 Å². The molecule has 44 heavy (non-hydrogen) atoms. The standard InChI is InChI=1S/C31H26F2N8O3/c1-40(36)39-28(35)16-41-27-13-21(31(42)43)9-10-26(27)37-29(41)14-19-7-8-20(12-24(19)33)25-3-2-4-30(38-25)44-17-22-6-5-18(15-34)11-23(22)32/h2-13H,14,16-17,36H2,1H3,(H2,35,39)(H,42,43). The fourth-order valence-corrected chi connectivity index (χ4v) is 4.58. The number of carboxylic acid groups (broad SMARTS) is 1. The molecule has 0 saturated carbocycles. The summed E-state index contributed by atoms with van der Waals surface area (Å²) in [4.78, 5) is 20.6. The lowest BCUT2D eigenvalue weighted by Gasteiger charge is -2.12. The second-order valence-corrected chi connectivity index (χ2v) is 9.84. The molecule has 11 nitrogen and oxygen atoms in total. The van der Waals surface area contributed by atoms with Gasteiger partial charge < -0.3 is 20.1 Å². The first kappa shape index (κ1) is 29.6. The summed E-state index contributed by atoms with van der Waals surface area (Å²) in [7, 11) is 1.51. The van der Waals surface area contributed by atoms with Crippen LogP contribution in [0.4, 0.5) is 8.78 Å². The molecule has 5 aromatic rings. The van der Waals surface area contributed by atoms with Crippen molar-refractivity contribution in [2.75, 3.05) is 7.05 Å². The first-order valence-electron chi connectivity index (χ1n) is 13.2. The summed E-state index contributed by atoms with van der Waals surface area (Å²) in [6.07, 6.45) is 0.0711. The molecule has 0 aliphatic rings. The number of hydrogen-bond acceptors (Lipinski definition) is 8.